The number of likely N-dealkylation sites (N-methyl/N-ethyl adjacent to an activating group) is 1. The monoisotopic (exact) mass is 399 g/mol. The SMILES string of the molecule is CCOc1cc(CN(C)C(=O)COc2ccc(Cl)cc2)ccc1OC(F)F. The number of hydrogen-bond acceptors (Lipinski definition) is 4. The van der Waals surface area contributed by atoms with Crippen LogP contribution in [0.4, 0.5) is 8.78 Å². The van der Waals surface area contributed by atoms with E-state index in [2.05, 4.69) is 4.74 Å². The summed E-state index contributed by atoms with van der Waals surface area (Å²) in [5, 5.41) is 0.579. The molecule has 0 aliphatic heterocycles. The maximum atomic E-state index is 12.5. The van der Waals surface area contributed by atoms with Crippen LogP contribution < -0.4 is 14.2 Å². The standard InChI is InChI=1S/C19H20ClF2NO4/c1-3-25-17-10-13(4-9-16(17)27-19(21)22)11-23(2)18(24)12-26-15-7-5-14(20)6-8-15/h4-10,19H,3,11-12H2,1-2H3. The summed E-state index contributed by atoms with van der Waals surface area (Å²) in [4.78, 5) is 13.7. The van der Waals surface area contributed by atoms with Crippen LogP contribution in [-0.4, -0.2) is 37.7 Å². The molecule has 0 aliphatic rings. The van der Waals surface area contributed by atoms with E-state index in [1.807, 2.05) is 0 Å². The summed E-state index contributed by atoms with van der Waals surface area (Å²) in [7, 11) is 1.62. The van der Waals surface area contributed by atoms with Gasteiger partial charge in [0.05, 0.1) is 6.61 Å². The normalized spacial score (nSPS) is 10.6. The number of alkyl halides is 2. The summed E-state index contributed by atoms with van der Waals surface area (Å²) >= 11 is 5.80. The Morgan fingerprint density at radius 2 is 1.81 bits per heavy atom. The number of benzene rings is 2. The lowest BCUT2D eigenvalue weighted by atomic mass is 10.2. The van der Waals surface area contributed by atoms with E-state index in [0.29, 0.717) is 22.9 Å². The van der Waals surface area contributed by atoms with E-state index in [9.17, 15) is 13.6 Å². The number of hydrogen-bond donors (Lipinski definition) is 0. The van der Waals surface area contributed by atoms with Gasteiger partial charge in [0.15, 0.2) is 18.1 Å². The molecule has 0 radical (unpaired) electrons. The first-order valence-corrected chi connectivity index (χ1v) is 8.59. The van der Waals surface area contributed by atoms with E-state index in [1.165, 1.54) is 11.0 Å². The molecule has 0 saturated heterocycles. The number of halogens is 3. The van der Waals surface area contributed by atoms with Gasteiger partial charge in [-0.1, -0.05) is 17.7 Å². The second-order valence-electron chi connectivity index (χ2n) is 5.59. The van der Waals surface area contributed by atoms with Crippen molar-refractivity contribution in [1.29, 1.82) is 0 Å². The van der Waals surface area contributed by atoms with Crippen LogP contribution in [0, 0.1) is 0 Å². The molecule has 0 bridgehead atoms. The van der Waals surface area contributed by atoms with Gasteiger partial charge in [0.1, 0.15) is 5.75 Å². The predicted octanol–water partition coefficient (Wildman–Crippen LogP) is 4.38. The minimum atomic E-state index is -2.94. The van der Waals surface area contributed by atoms with Gasteiger partial charge in [-0.25, -0.2) is 0 Å². The van der Waals surface area contributed by atoms with Gasteiger partial charge < -0.3 is 19.1 Å². The van der Waals surface area contributed by atoms with Crippen molar-refractivity contribution in [1.82, 2.24) is 4.90 Å². The minimum absolute atomic E-state index is 0.0457. The third-order valence-corrected chi connectivity index (χ3v) is 3.80. The summed E-state index contributed by atoms with van der Waals surface area (Å²) in [6.45, 7) is -0.778. The number of nitrogens with zero attached hydrogens (tertiary/aromatic N) is 1. The second kappa shape index (κ2) is 9.97. The summed E-state index contributed by atoms with van der Waals surface area (Å²) in [6.07, 6.45) is 0. The molecule has 0 spiro atoms. The van der Waals surface area contributed by atoms with Crippen molar-refractivity contribution in [3.05, 3.63) is 53.1 Å². The van der Waals surface area contributed by atoms with Gasteiger partial charge in [-0.05, 0) is 48.9 Å². The fourth-order valence-electron chi connectivity index (χ4n) is 2.26. The van der Waals surface area contributed by atoms with Crippen LogP contribution in [-0.2, 0) is 11.3 Å². The van der Waals surface area contributed by atoms with Gasteiger partial charge in [-0.15, -0.1) is 0 Å². The lowest BCUT2D eigenvalue weighted by Crippen LogP contribution is -2.30. The van der Waals surface area contributed by atoms with Crippen molar-refractivity contribution in [3.63, 3.8) is 0 Å². The minimum Gasteiger partial charge on any atom is -0.490 e. The summed E-state index contributed by atoms with van der Waals surface area (Å²) in [5.41, 5.74) is 0.711. The fourth-order valence-corrected chi connectivity index (χ4v) is 2.39. The van der Waals surface area contributed by atoms with Crippen molar-refractivity contribution in [2.24, 2.45) is 0 Å². The second-order valence-corrected chi connectivity index (χ2v) is 6.02. The van der Waals surface area contributed by atoms with E-state index in [-0.39, 0.29) is 30.6 Å². The molecule has 2 aromatic carbocycles. The third-order valence-electron chi connectivity index (χ3n) is 3.55. The topological polar surface area (TPSA) is 48.0 Å². The Balaban J connectivity index is 1.96. The van der Waals surface area contributed by atoms with Crippen LogP contribution in [0.1, 0.15) is 12.5 Å². The summed E-state index contributed by atoms with van der Waals surface area (Å²) < 4.78 is 40.1. The Labute approximate surface area is 161 Å². The zero-order valence-electron chi connectivity index (χ0n) is 15.0. The Morgan fingerprint density at radius 3 is 2.44 bits per heavy atom. The predicted molar refractivity (Wildman–Crippen MR) is 97.7 cm³/mol. The van der Waals surface area contributed by atoms with Gasteiger partial charge in [-0.2, -0.15) is 8.78 Å². The molecule has 2 rings (SSSR count). The van der Waals surface area contributed by atoms with E-state index >= 15 is 0 Å². The Bertz CT molecular complexity index is 756. The summed E-state index contributed by atoms with van der Waals surface area (Å²) in [5.74, 6) is 0.452. The highest BCUT2D eigenvalue weighted by atomic mass is 35.5. The maximum absolute atomic E-state index is 12.5. The fraction of sp³-hybridized carbons (Fsp3) is 0.316. The van der Waals surface area contributed by atoms with Crippen molar-refractivity contribution in [3.8, 4) is 17.2 Å². The lowest BCUT2D eigenvalue weighted by Gasteiger charge is -2.19. The zero-order valence-corrected chi connectivity index (χ0v) is 15.7. The number of rotatable bonds is 9. The number of ether oxygens (including phenoxy) is 3. The quantitative estimate of drug-likeness (QED) is 0.628. The average Bonchev–Trinajstić information content (AvgIpc) is 2.63. The lowest BCUT2D eigenvalue weighted by molar-refractivity contribution is -0.132. The van der Waals surface area contributed by atoms with Crippen molar-refractivity contribution in [2.45, 2.75) is 20.1 Å². The molecule has 27 heavy (non-hydrogen) atoms. The van der Waals surface area contributed by atoms with Gasteiger partial charge in [0.25, 0.3) is 5.91 Å². The molecule has 0 aromatic heterocycles. The van der Waals surface area contributed by atoms with E-state index in [1.54, 1.807) is 50.4 Å². The molecule has 0 N–H and O–H groups in total. The van der Waals surface area contributed by atoms with Crippen LogP contribution in [0.25, 0.3) is 0 Å². The molecule has 5 nitrogen and oxygen atoms in total. The molecule has 8 heteroatoms. The smallest absolute Gasteiger partial charge is 0.387 e. The van der Waals surface area contributed by atoms with E-state index in [4.69, 9.17) is 21.1 Å². The van der Waals surface area contributed by atoms with Gasteiger partial charge in [-0.3, -0.25) is 4.79 Å². The Hall–Kier alpha value is -2.54. The highest BCUT2D eigenvalue weighted by molar-refractivity contribution is 6.30. The van der Waals surface area contributed by atoms with Crippen LogP contribution in [0.5, 0.6) is 17.2 Å². The first-order valence-electron chi connectivity index (χ1n) is 8.22. The zero-order chi connectivity index (χ0) is 19.8. The molecule has 146 valence electrons. The molecule has 1 amide bonds. The number of carbonyl (C=O) groups excluding carboxylic acids is 1. The first kappa shape index (κ1) is 20.8. The first-order chi connectivity index (χ1) is 12.9. The van der Waals surface area contributed by atoms with Crippen LogP contribution in [0.15, 0.2) is 42.5 Å². The molecule has 0 fully saturated rings. The van der Waals surface area contributed by atoms with E-state index < -0.39 is 6.61 Å². The molecular formula is C19H20ClF2NO4. The van der Waals surface area contributed by atoms with Crippen molar-refractivity contribution in [2.75, 3.05) is 20.3 Å². The maximum Gasteiger partial charge on any atom is 0.387 e. The molecule has 2 aromatic rings. The highest BCUT2D eigenvalue weighted by Crippen LogP contribution is 2.30. The molecule has 0 saturated carbocycles. The number of amides is 1. The van der Waals surface area contributed by atoms with Crippen LogP contribution >= 0.6 is 11.6 Å². The largest absolute Gasteiger partial charge is 0.490 e. The van der Waals surface area contributed by atoms with E-state index in [0.717, 1.165) is 0 Å². The van der Waals surface area contributed by atoms with Gasteiger partial charge >= 0.3 is 6.61 Å². The average molecular weight is 400 g/mol. The molecule has 0 heterocycles. The molecule has 0 atom stereocenters. The Kier molecular flexibility index (Phi) is 7.67. The van der Waals surface area contributed by atoms with Crippen molar-refractivity contribution >= 4 is 17.5 Å². The molecular weight excluding hydrogens is 380 g/mol. The third kappa shape index (κ3) is 6.60. The highest BCUT2D eigenvalue weighted by Gasteiger charge is 2.14. The van der Waals surface area contributed by atoms with Crippen molar-refractivity contribution < 1.29 is 27.8 Å². The Morgan fingerprint density at radius 1 is 1.11 bits per heavy atom. The molecule has 0 unspecified atom stereocenters. The molecule has 0 aliphatic carbocycles. The number of carbonyl (C=O) groups is 1. The summed E-state index contributed by atoms with van der Waals surface area (Å²) in [6, 6.07) is 11.3. The van der Waals surface area contributed by atoms with Gasteiger partial charge in [0, 0.05) is 18.6 Å². The van der Waals surface area contributed by atoms with Crippen LogP contribution in [0.2, 0.25) is 5.02 Å². The van der Waals surface area contributed by atoms with Gasteiger partial charge in [0.2, 0.25) is 0 Å². The van der Waals surface area contributed by atoms with Crippen LogP contribution in [0.3, 0.4) is 0 Å².